The van der Waals surface area contributed by atoms with Gasteiger partial charge in [-0.05, 0) is 50.0 Å². The highest BCUT2D eigenvalue weighted by atomic mass is 32.2. The second-order valence-corrected chi connectivity index (χ2v) is 13.4. The van der Waals surface area contributed by atoms with Gasteiger partial charge >= 0.3 is 0 Å². The first-order chi connectivity index (χ1) is 15.7. The van der Waals surface area contributed by atoms with Crippen LogP contribution in [0.15, 0.2) is 23.4 Å². The molecule has 184 valence electrons. The van der Waals surface area contributed by atoms with E-state index in [1.807, 2.05) is 0 Å². The van der Waals surface area contributed by atoms with E-state index >= 15 is 0 Å². The Kier molecular flexibility index (Phi) is 7.39. The van der Waals surface area contributed by atoms with Crippen molar-refractivity contribution in [3.05, 3.63) is 23.9 Å². The molecule has 0 spiro atoms. The number of sulfone groups is 1. The van der Waals surface area contributed by atoms with Crippen molar-refractivity contribution >= 4 is 25.8 Å². The van der Waals surface area contributed by atoms with Crippen molar-refractivity contribution < 1.29 is 21.6 Å². The summed E-state index contributed by atoms with van der Waals surface area (Å²) in [5.41, 5.74) is 6.36. The Morgan fingerprint density at radius 1 is 1.09 bits per heavy atom. The van der Waals surface area contributed by atoms with Gasteiger partial charge in [0.2, 0.25) is 5.91 Å². The minimum absolute atomic E-state index is 0.0428. The molecule has 0 radical (unpaired) electrons. The first kappa shape index (κ1) is 24.5. The Balaban J connectivity index is 1.58. The van der Waals surface area contributed by atoms with Crippen molar-refractivity contribution in [1.29, 1.82) is 0 Å². The van der Waals surface area contributed by atoms with Crippen LogP contribution in [0.25, 0.3) is 0 Å². The van der Waals surface area contributed by atoms with Gasteiger partial charge in [0.25, 0.3) is 10.0 Å². The molecule has 0 unspecified atom stereocenters. The van der Waals surface area contributed by atoms with Crippen molar-refractivity contribution in [3.8, 4) is 0 Å². The van der Waals surface area contributed by atoms with Crippen LogP contribution in [0.4, 0.5) is 0 Å². The summed E-state index contributed by atoms with van der Waals surface area (Å²) in [6.45, 7) is 2.71. The molecule has 4 heterocycles. The summed E-state index contributed by atoms with van der Waals surface area (Å²) in [7, 11) is -7.02. The van der Waals surface area contributed by atoms with E-state index < -0.39 is 25.8 Å². The maximum Gasteiger partial charge on any atom is 0.260 e. The van der Waals surface area contributed by atoms with Crippen LogP contribution >= 0.6 is 0 Å². The Morgan fingerprint density at radius 2 is 1.79 bits per heavy atom. The van der Waals surface area contributed by atoms with E-state index in [2.05, 4.69) is 9.88 Å². The van der Waals surface area contributed by atoms with Crippen molar-refractivity contribution in [3.63, 3.8) is 0 Å². The number of carbonyl (C=O) groups is 1. The summed E-state index contributed by atoms with van der Waals surface area (Å²) < 4.78 is 52.0. The van der Waals surface area contributed by atoms with Crippen LogP contribution in [-0.2, 0) is 31.2 Å². The summed E-state index contributed by atoms with van der Waals surface area (Å²) in [6.07, 6.45) is 5.30. The summed E-state index contributed by atoms with van der Waals surface area (Å²) in [5, 5.41) is -0.0555. The number of sulfonamides is 1. The van der Waals surface area contributed by atoms with Gasteiger partial charge in [0.05, 0.1) is 17.4 Å². The van der Waals surface area contributed by atoms with E-state index in [0.717, 1.165) is 32.4 Å². The summed E-state index contributed by atoms with van der Waals surface area (Å²) >= 11 is 0. The number of likely N-dealkylation sites (tertiary alicyclic amines) is 1. The van der Waals surface area contributed by atoms with Crippen LogP contribution in [0.2, 0.25) is 0 Å². The van der Waals surface area contributed by atoms with E-state index in [1.165, 1.54) is 16.6 Å². The first-order valence-corrected chi connectivity index (χ1v) is 14.8. The molecule has 0 aliphatic carbocycles. The van der Waals surface area contributed by atoms with E-state index in [9.17, 15) is 21.6 Å². The predicted octanol–water partition coefficient (Wildman–Crippen LogP) is -0.338. The number of aromatic nitrogens is 1. The highest BCUT2D eigenvalue weighted by molar-refractivity contribution is 7.91. The van der Waals surface area contributed by atoms with E-state index in [1.54, 1.807) is 11.0 Å². The fraction of sp³-hybridized carbons (Fsp3) is 0.714. The van der Waals surface area contributed by atoms with E-state index in [-0.39, 0.29) is 54.7 Å². The number of hydrogen-bond acceptors (Lipinski definition) is 8. The van der Waals surface area contributed by atoms with Gasteiger partial charge in [0.15, 0.2) is 14.9 Å². The van der Waals surface area contributed by atoms with Gasteiger partial charge in [0, 0.05) is 45.0 Å². The van der Waals surface area contributed by atoms with E-state index in [0.29, 0.717) is 18.5 Å². The quantitative estimate of drug-likeness (QED) is 0.582. The van der Waals surface area contributed by atoms with Gasteiger partial charge in [-0.25, -0.2) is 21.8 Å². The summed E-state index contributed by atoms with van der Waals surface area (Å²) in [6, 6.07) is 3.11. The third-order valence-corrected chi connectivity index (χ3v) is 10.3. The molecule has 0 aromatic carbocycles. The van der Waals surface area contributed by atoms with E-state index in [4.69, 9.17) is 5.73 Å². The maximum atomic E-state index is 13.5. The van der Waals surface area contributed by atoms with Gasteiger partial charge < -0.3 is 10.6 Å². The van der Waals surface area contributed by atoms with Crippen LogP contribution in [0.3, 0.4) is 0 Å². The minimum Gasteiger partial charge on any atom is -0.340 e. The van der Waals surface area contributed by atoms with Crippen LogP contribution < -0.4 is 5.73 Å². The second-order valence-electron chi connectivity index (χ2n) is 9.19. The smallest absolute Gasteiger partial charge is 0.260 e. The molecule has 10 nitrogen and oxygen atoms in total. The first-order valence-electron chi connectivity index (χ1n) is 11.6. The molecule has 12 heteroatoms. The molecule has 3 fully saturated rings. The number of nitrogens with zero attached hydrogens (tertiary/aromatic N) is 4. The molecule has 2 atom stereocenters. The Morgan fingerprint density at radius 3 is 2.45 bits per heavy atom. The molecule has 2 N–H and O–H groups in total. The molecule has 4 rings (SSSR count). The lowest BCUT2D eigenvalue weighted by Gasteiger charge is -2.44. The number of amides is 1. The van der Waals surface area contributed by atoms with Crippen LogP contribution in [-0.4, -0.2) is 98.6 Å². The molecule has 1 aromatic rings. The third kappa shape index (κ3) is 5.56. The average molecular weight is 500 g/mol. The molecule has 0 bridgehead atoms. The number of pyridine rings is 1. The Bertz CT molecular complexity index is 1060. The lowest BCUT2D eigenvalue weighted by molar-refractivity contribution is -0.137. The molecule has 33 heavy (non-hydrogen) atoms. The number of carbonyl (C=O) groups excluding carboxylic acids is 1. The highest BCUT2D eigenvalue weighted by Gasteiger charge is 2.42. The van der Waals surface area contributed by atoms with Crippen molar-refractivity contribution in [1.82, 2.24) is 19.1 Å². The molecular weight excluding hydrogens is 466 g/mol. The Hall–Kier alpha value is -1.60. The van der Waals surface area contributed by atoms with Crippen LogP contribution in [0.1, 0.15) is 31.2 Å². The fourth-order valence-electron chi connectivity index (χ4n) is 5.00. The monoisotopic (exact) mass is 499 g/mol. The van der Waals surface area contributed by atoms with Crippen molar-refractivity contribution in [2.24, 2.45) is 11.7 Å². The number of piperidine rings is 2. The van der Waals surface area contributed by atoms with Crippen molar-refractivity contribution in [2.75, 3.05) is 50.8 Å². The zero-order chi connectivity index (χ0) is 23.6. The lowest BCUT2D eigenvalue weighted by Crippen LogP contribution is -2.57. The second kappa shape index (κ2) is 9.95. The van der Waals surface area contributed by atoms with Gasteiger partial charge in [-0.3, -0.25) is 9.69 Å². The largest absolute Gasteiger partial charge is 0.340 e. The molecule has 3 saturated heterocycles. The third-order valence-electron chi connectivity index (χ3n) is 6.95. The molecular formula is C21H33N5O5S2. The van der Waals surface area contributed by atoms with Gasteiger partial charge in [-0.1, -0.05) is 6.42 Å². The summed E-state index contributed by atoms with van der Waals surface area (Å²) in [4.78, 5) is 21.3. The molecule has 1 aromatic heterocycles. The predicted molar refractivity (Wildman–Crippen MR) is 123 cm³/mol. The van der Waals surface area contributed by atoms with Crippen molar-refractivity contribution in [2.45, 2.75) is 43.3 Å². The number of nitrogens with two attached hydrogens (primary N) is 1. The van der Waals surface area contributed by atoms with Gasteiger partial charge in [0.1, 0.15) is 0 Å². The van der Waals surface area contributed by atoms with Gasteiger partial charge in [-0.2, -0.15) is 4.31 Å². The normalized spacial score (nSPS) is 27.4. The number of rotatable bonds is 5. The lowest BCUT2D eigenvalue weighted by atomic mass is 9.92. The average Bonchev–Trinajstić information content (AvgIpc) is 2.84. The topological polar surface area (TPSA) is 134 Å². The van der Waals surface area contributed by atoms with Crippen LogP contribution in [0, 0.1) is 5.92 Å². The summed E-state index contributed by atoms with van der Waals surface area (Å²) in [5.74, 6) is -0.757. The zero-order valence-electron chi connectivity index (χ0n) is 18.8. The standard InChI is InChI=1S/C21H33N5O5S2/c22-14-17-4-5-23-20(12-17)33(30,31)26-15-18(13-19(16-26)24-6-2-1-3-7-24)21(27)25-8-10-32(28,29)11-9-25/h4-5,12,18-19H,1-3,6-11,13-16,22H2/t18-,19+/m1/s1. The maximum absolute atomic E-state index is 13.5. The number of hydrogen-bond donors (Lipinski definition) is 1. The molecule has 0 saturated carbocycles. The SMILES string of the molecule is NCc1ccnc(S(=O)(=O)N2C[C@H](C(=O)N3CCS(=O)(=O)CC3)C[C@H](N3CCCCC3)C2)c1. The van der Waals surface area contributed by atoms with Crippen LogP contribution in [0.5, 0.6) is 0 Å². The molecule has 3 aliphatic heterocycles. The molecule has 3 aliphatic rings. The fourth-order valence-corrected chi connectivity index (χ4v) is 7.70. The van der Waals surface area contributed by atoms with Gasteiger partial charge in [-0.15, -0.1) is 0 Å². The minimum atomic E-state index is -3.91. The molecule has 1 amide bonds. The zero-order valence-corrected chi connectivity index (χ0v) is 20.4. The highest BCUT2D eigenvalue weighted by Crippen LogP contribution is 2.29. The Labute approximate surface area is 196 Å².